The summed E-state index contributed by atoms with van der Waals surface area (Å²) in [6, 6.07) is 0. The number of carbonyl (C=O) groups excluding carboxylic acids is 1. The van der Waals surface area contributed by atoms with Gasteiger partial charge in [-0.3, -0.25) is 4.79 Å². The summed E-state index contributed by atoms with van der Waals surface area (Å²) in [7, 11) is 0. The third-order valence-electron chi connectivity index (χ3n) is 4.95. The Kier molecular flexibility index (Phi) is 4.37. The number of nitrogens with two attached hydrogens (primary N) is 1. The number of amides is 1. The van der Waals surface area contributed by atoms with Crippen molar-refractivity contribution in [3.63, 3.8) is 0 Å². The summed E-state index contributed by atoms with van der Waals surface area (Å²) < 4.78 is 0. The van der Waals surface area contributed by atoms with Gasteiger partial charge in [-0.2, -0.15) is 0 Å². The summed E-state index contributed by atoms with van der Waals surface area (Å²) in [4.78, 5) is 25.9. The summed E-state index contributed by atoms with van der Waals surface area (Å²) in [5.41, 5.74) is 4.88. The molecule has 0 aromatic carbocycles. The number of rotatable bonds is 5. The van der Waals surface area contributed by atoms with E-state index in [4.69, 9.17) is 5.73 Å². The fraction of sp³-hybridized carbons (Fsp3) is 0.867. The summed E-state index contributed by atoms with van der Waals surface area (Å²) in [6.07, 6.45) is 6.84. The van der Waals surface area contributed by atoms with Gasteiger partial charge in [-0.1, -0.05) is 26.2 Å². The SMILES string of the molecule is CCCC1(C(=O)O)CCCN1C(=O)CC1(N)CCCC1. The lowest BCUT2D eigenvalue weighted by atomic mass is 9.88. The van der Waals surface area contributed by atoms with Gasteiger partial charge in [0.1, 0.15) is 5.54 Å². The third kappa shape index (κ3) is 2.68. The maximum absolute atomic E-state index is 12.6. The molecule has 1 aliphatic carbocycles. The Labute approximate surface area is 120 Å². The molecule has 1 atom stereocenters. The van der Waals surface area contributed by atoms with Crippen LogP contribution in [0.2, 0.25) is 0 Å². The maximum atomic E-state index is 12.6. The Morgan fingerprint density at radius 1 is 1.20 bits per heavy atom. The van der Waals surface area contributed by atoms with Crippen molar-refractivity contribution in [1.29, 1.82) is 0 Å². The minimum atomic E-state index is -0.985. The highest BCUT2D eigenvalue weighted by molar-refractivity contribution is 5.88. The minimum absolute atomic E-state index is 0.0669. The van der Waals surface area contributed by atoms with Crippen molar-refractivity contribution in [3.8, 4) is 0 Å². The van der Waals surface area contributed by atoms with Crippen molar-refractivity contribution in [3.05, 3.63) is 0 Å². The third-order valence-corrected chi connectivity index (χ3v) is 4.95. The van der Waals surface area contributed by atoms with Gasteiger partial charge in [0.25, 0.3) is 0 Å². The number of hydrogen-bond acceptors (Lipinski definition) is 3. The average Bonchev–Trinajstić information content (AvgIpc) is 2.97. The first kappa shape index (κ1) is 15.3. The lowest BCUT2D eigenvalue weighted by Gasteiger charge is -2.36. The molecule has 5 heteroatoms. The fourth-order valence-corrected chi connectivity index (χ4v) is 3.90. The van der Waals surface area contributed by atoms with Crippen molar-refractivity contribution in [2.24, 2.45) is 5.73 Å². The molecule has 0 aromatic rings. The summed E-state index contributed by atoms with van der Waals surface area (Å²) in [6.45, 7) is 2.52. The smallest absolute Gasteiger partial charge is 0.329 e. The molecule has 1 unspecified atom stereocenters. The Bertz CT molecular complexity index is 391. The van der Waals surface area contributed by atoms with Crippen molar-refractivity contribution in [2.45, 2.75) is 75.8 Å². The first-order valence-electron chi connectivity index (χ1n) is 7.76. The first-order valence-corrected chi connectivity index (χ1v) is 7.76. The second kappa shape index (κ2) is 5.72. The molecule has 0 aromatic heterocycles. The van der Waals surface area contributed by atoms with Crippen molar-refractivity contribution >= 4 is 11.9 Å². The lowest BCUT2D eigenvalue weighted by molar-refractivity contribution is -0.157. The normalized spacial score (nSPS) is 28.8. The molecule has 1 aliphatic heterocycles. The van der Waals surface area contributed by atoms with Crippen LogP contribution < -0.4 is 5.73 Å². The van der Waals surface area contributed by atoms with E-state index in [1.807, 2.05) is 6.92 Å². The molecule has 5 nitrogen and oxygen atoms in total. The zero-order valence-corrected chi connectivity index (χ0v) is 12.4. The van der Waals surface area contributed by atoms with Crippen LogP contribution in [0.1, 0.15) is 64.7 Å². The van der Waals surface area contributed by atoms with Crippen LogP contribution in [0.3, 0.4) is 0 Å². The summed E-state index contributed by atoms with van der Waals surface area (Å²) in [5, 5.41) is 9.61. The molecule has 1 amide bonds. The highest BCUT2D eigenvalue weighted by Crippen LogP contribution is 2.37. The predicted molar refractivity (Wildman–Crippen MR) is 76.2 cm³/mol. The zero-order chi connectivity index (χ0) is 14.8. The summed E-state index contributed by atoms with van der Waals surface area (Å²) >= 11 is 0. The van der Waals surface area contributed by atoms with Crippen LogP contribution in [-0.2, 0) is 9.59 Å². The highest BCUT2D eigenvalue weighted by Gasteiger charge is 2.50. The molecule has 114 valence electrons. The Balaban J connectivity index is 2.12. The average molecular weight is 282 g/mol. The van der Waals surface area contributed by atoms with Gasteiger partial charge >= 0.3 is 5.97 Å². The molecule has 1 heterocycles. The van der Waals surface area contributed by atoms with Crippen molar-refractivity contribution in [1.82, 2.24) is 4.90 Å². The van der Waals surface area contributed by atoms with E-state index in [9.17, 15) is 14.7 Å². The van der Waals surface area contributed by atoms with Gasteiger partial charge in [0, 0.05) is 18.5 Å². The van der Waals surface area contributed by atoms with Crippen LogP contribution in [-0.4, -0.2) is 39.5 Å². The largest absolute Gasteiger partial charge is 0.479 e. The van der Waals surface area contributed by atoms with Gasteiger partial charge in [-0.05, 0) is 32.1 Å². The van der Waals surface area contributed by atoms with E-state index in [-0.39, 0.29) is 5.91 Å². The predicted octanol–water partition coefficient (Wildman–Crippen LogP) is 1.89. The Morgan fingerprint density at radius 3 is 2.40 bits per heavy atom. The lowest BCUT2D eigenvalue weighted by Crippen LogP contribution is -2.55. The van der Waals surface area contributed by atoms with E-state index in [2.05, 4.69) is 0 Å². The van der Waals surface area contributed by atoms with E-state index < -0.39 is 17.0 Å². The molecule has 0 bridgehead atoms. The number of aliphatic carboxylic acids is 1. The fourth-order valence-electron chi connectivity index (χ4n) is 3.90. The minimum Gasteiger partial charge on any atom is -0.479 e. The quantitative estimate of drug-likeness (QED) is 0.806. The van der Waals surface area contributed by atoms with E-state index in [1.54, 1.807) is 4.90 Å². The van der Waals surface area contributed by atoms with E-state index in [1.165, 1.54) is 0 Å². The molecule has 1 saturated heterocycles. The number of hydrogen-bond donors (Lipinski definition) is 2. The molecule has 20 heavy (non-hydrogen) atoms. The highest BCUT2D eigenvalue weighted by atomic mass is 16.4. The van der Waals surface area contributed by atoms with Crippen LogP contribution in [0, 0.1) is 0 Å². The van der Waals surface area contributed by atoms with Gasteiger partial charge < -0.3 is 15.7 Å². The topological polar surface area (TPSA) is 83.6 Å². The monoisotopic (exact) mass is 282 g/mol. The van der Waals surface area contributed by atoms with E-state index in [0.717, 1.165) is 38.5 Å². The molecule has 2 rings (SSSR count). The number of carboxylic acid groups (broad SMARTS) is 1. The van der Waals surface area contributed by atoms with Crippen molar-refractivity contribution < 1.29 is 14.7 Å². The maximum Gasteiger partial charge on any atom is 0.329 e. The van der Waals surface area contributed by atoms with Gasteiger partial charge in [0.05, 0.1) is 0 Å². The van der Waals surface area contributed by atoms with Crippen LogP contribution >= 0.6 is 0 Å². The van der Waals surface area contributed by atoms with E-state index >= 15 is 0 Å². The molecular formula is C15H26N2O3. The first-order chi connectivity index (χ1) is 9.43. The van der Waals surface area contributed by atoms with Crippen LogP contribution in [0.25, 0.3) is 0 Å². The second-order valence-electron chi connectivity index (χ2n) is 6.48. The molecular weight excluding hydrogens is 256 g/mol. The Morgan fingerprint density at radius 2 is 1.85 bits per heavy atom. The number of nitrogens with zero attached hydrogens (tertiary/aromatic N) is 1. The molecule has 0 spiro atoms. The molecule has 2 fully saturated rings. The standard InChI is InChI=1S/C15H26N2O3/c1-2-6-15(13(19)20)9-5-10-17(15)12(18)11-14(16)7-3-4-8-14/h2-11,16H2,1H3,(H,19,20). The zero-order valence-electron chi connectivity index (χ0n) is 12.4. The van der Waals surface area contributed by atoms with Crippen LogP contribution in [0.5, 0.6) is 0 Å². The van der Waals surface area contributed by atoms with Gasteiger partial charge in [0.15, 0.2) is 0 Å². The van der Waals surface area contributed by atoms with Gasteiger partial charge in [-0.25, -0.2) is 4.79 Å². The summed E-state index contributed by atoms with van der Waals surface area (Å²) in [5.74, 6) is -0.926. The van der Waals surface area contributed by atoms with Crippen molar-refractivity contribution in [2.75, 3.05) is 6.54 Å². The Hall–Kier alpha value is -1.10. The number of carbonyl (C=O) groups is 2. The van der Waals surface area contributed by atoms with Gasteiger partial charge in [-0.15, -0.1) is 0 Å². The van der Waals surface area contributed by atoms with Crippen LogP contribution in [0.15, 0.2) is 0 Å². The number of likely N-dealkylation sites (tertiary alicyclic amines) is 1. The van der Waals surface area contributed by atoms with Gasteiger partial charge in [0.2, 0.25) is 5.91 Å². The molecule has 0 radical (unpaired) electrons. The van der Waals surface area contributed by atoms with Crippen LogP contribution in [0.4, 0.5) is 0 Å². The molecule has 2 aliphatic rings. The number of carboxylic acids is 1. The molecule has 3 N–H and O–H groups in total. The molecule has 1 saturated carbocycles. The second-order valence-corrected chi connectivity index (χ2v) is 6.48. The van der Waals surface area contributed by atoms with E-state index in [0.29, 0.717) is 25.8 Å².